The number of hydrazone groups is 1. The topological polar surface area (TPSA) is 33.6 Å². The molecule has 5 rings (SSSR count). The summed E-state index contributed by atoms with van der Waals surface area (Å²) in [7, 11) is 0. The Labute approximate surface area is 166 Å². The summed E-state index contributed by atoms with van der Waals surface area (Å²) in [5.41, 5.74) is 11.0. The lowest BCUT2D eigenvalue weighted by molar-refractivity contribution is 0.164. The fraction of sp³-hybridized carbons (Fsp3) is 0.240. The second-order valence-electron chi connectivity index (χ2n) is 7.89. The summed E-state index contributed by atoms with van der Waals surface area (Å²) >= 11 is 0. The molecular formula is C25H24N2O. The molecule has 0 radical (unpaired) electrons. The summed E-state index contributed by atoms with van der Waals surface area (Å²) in [5, 5.41) is 4.70. The summed E-state index contributed by atoms with van der Waals surface area (Å²) in [6, 6.07) is 25.9. The SMILES string of the molecule is Cc1ccc(C2=NN[C@H](c3ccc(C)cc3)[C@H]3c4ccccc4C[C@H]3O2)cc1. The Morgan fingerprint density at radius 2 is 1.54 bits per heavy atom. The Kier molecular flexibility index (Phi) is 4.16. The fourth-order valence-electron chi connectivity index (χ4n) is 4.36. The van der Waals surface area contributed by atoms with Crippen LogP contribution in [-0.4, -0.2) is 12.0 Å². The predicted molar refractivity (Wildman–Crippen MR) is 113 cm³/mol. The van der Waals surface area contributed by atoms with Gasteiger partial charge in [-0.2, -0.15) is 0 Å². The van der Waals surface area contributed by atoms with Crippen LogP contribution < -0.4 is 5.43 Å². The van der Waals surface area contributed by atoms with Crippen molar-refractivity contribution in [2.24, 2.45) is 5.10 Å². The van der Waals surface area contributed by atoms with E-state index in [0.29, 0.717) is 5.90 Å². The number of hydrogen-bond acceptors (Lipinski definition) is 3. The Morgan fingerprint density at radius 1 is 0.857 bits per heavy atom. The van der Waals surface area contributed by atoms with Gasteiger partial charge in [0, 0.05) is 17.9 Å². The van der Waals surface area contributed by atoms with Crippen molar-refractivity contribution in [2.45, 2.75) is 38.3 Å². The molecule has 3 atom stereocenters. The molecule has 28 heavy (non-hydrogen) atoms. The van der Waals surface area contributed by atoms with E-state index in [-0.39, 0.29) is 18.1 Å². The highest BCUT2D eigenvalue weighted by Gasteiger charge is 2.42. The van der Waals surface area contributed by atoms with E-state index in [1.807, 2.05) is 0 Å². The van der Waals surface area contributed by atoms with Crippen LogP contribution in [-0.2, 0) is 11.2 Å². The standard InChI is InChI=1S/C25H24N2O/c1-16-7-11-18(12-8-16)24-23-21-6-4-3-5-20(21)15-22(23)28-25(27-26-24)19-13-9-17(2)10-14-19/h3-14,22-24,26H,15H2,1-2H3/t22-,23+,24-/m1/s1. The van der Waals surface area contributed by atoms with Crippen LogP contribution >= 0.6 is 0 Å². The van der Waals surface area contributed by atoms with E-state index >= 15 is 0 Å². The van der Waals surface area contributed by atoms with E-state index in [4.69, 9.17) is 9.84 Å². The van der Waals surface area contributed by atoms with Crippen molar-refractivity contribution < 1.29 is 4.74 Å². The molecule has 1 aliphatic carbocycles. The molecule has 3 aromatic carbocycles. The zero-order valence-electron chi connectivity index (χ0n) is 16.2. The first-order chi connectivity index (χ1) is 13.7. The van der Waals surface area contributed by atoms with Crippen molar-refractivity contribution in [3.63, 3.8) is 0 Å². The van der Waals surface area contributed by atoms with Gasteiger partial charge in [0.05, 0.1) is 6.04 Å². The molecule has 0 fully saturated rings. The maximum absolute atomic E-state index is 6.51. The van der Waals surface area contributed by atoms with Gasteiger partial charge in [-0.3, -0.25) is 5.43 Å². The van der Waals surface area contributed by atoms with Crippen LogP contribution in [0, 0.1) is 13.8 Å². The summed E-state index contributed by atoms with van der Waals surface area (Å²) in [5.74, 6) is 0.906. The highest BCUT2D eigenvalue weighted by atomic mass is 16.5. The largest absolute Gasteiger partial charge is 0.472 e. The van der Waals surface area contributed by atoms with E-state index in [0.717, 1.165) is 12.0 Å². The van der Waals surface area contributed by atoms with Crippen molar-refractivity contribution in [1.82, 2.24) is 5.43 Å². The van der Waals surface area contributed by atoms with Crippen LogP contribution in [0.2, 0.25) is 0 Å². The molecule has 3 heteroatoms. The summed E-state index contributed by atoms with van der Waals surface area (Å²) in [6.07, 6.45) is 0.981. The van der Waals surface area contributed by atoms with Gasteiger partial charge in [-0.25, -0.2) is 0 Å². The normalized spacial score (nSPS) is 22.9. The predicted octanol–water partition coefficient (Wildman–Crippen LogP) is 5.03. The summed E-state index contributed by atoms with van der Waals surface area (Å²) in [6.45, 7) is 4.21. The zero-order valence-corrected chi connectivity index (χ0v) is 16.2. The third-order valence-corrected chi connectivity index (χ3v) is 5.90. The molecule has 0 aromatic heterocycles. The summed E-state index contributed by atoms with van der Waals surface area (Å²) < 4.78 is 6.51. The number of benzene rings is 3. The lowest BCUT2D eigenvalue weighted by Crippen LogP contribution is -2.28. The molecule has 0 saturated heterocycles. The van der Waals surface area contributed by atoms with Gasteiger partial charge in [-0.15, -0.1) is 5.10 Å². The molecule has 0 amide bonds. The molecule has 2 aliphatic rings. The molecule has 1 heterocycles. The van der Waals surface area contributed by atoms with Crippen LogP contribution in [0.1, 0.15) is 45.3 Å². The number of rotatable bonds is 2. The number of hydrogen-bond donors (Lipinski definition) is 1. The Balaban J connectivity index is 1.58. The monoisotopic (exact) mass is 368 g/mol. The van der Waals surface area contributed by atoms with Crippen molar-refractivity contribution in [1.29, 1.82) is 0 Å². The average molecular weight is 368 g/mol. The van der Waals surface area contributed by atoms with Crippen molar-refractivity contribution in [3.05, 3.63) is 106 Å². The quantitative estimate of drug-likeness (QED) is 0.688. The van der Waals surface area contributed by atoms with Crippen LogP contribution in [0.5, 0.6) is 0 Å². The van der Waals surface area contributed by atoms with Gasteiger partial charge in [0.25, 0.3) is 0 Å². The van der Waals surface area contributed by atoms with E-state index in [1.54, 1.807) is 0 Å². The van der Waals surface area contributed by atoms with Gasteiger partial charge < -0.3 is 4.74 Å². The summed E-state index contributed by atoms with van der Waals surface area (Å²) in [4.78, 5) is 0. The van der Waals surface area contributed by atoms with Crippen molar-refractivity contribution in [3.8, 4) is 0 Å². The minimum Gasteiger partial charge on any atom is -0.472 e. The minimum absolute atomic E-state index is 0.0683. The van der Waals surface area contributed by atoms with Crippen molar-refractivity contribution >= 4 is 5.90 Å². The Morgan fingerprint density at radius 3 is 2.29 bits per heavy atom. The number of nitrogens with zero attached hydrogens (tertiary/aromatic N) is 1. The fourth-order valence-corrected chi connectivity index (χ4v) is 4.36. The molecule has 1 aliphatic heterocycles. The van der Waals surface area contributed by atoms with E-state index in [9.17, 15) is 0 Å². The van der Waals surface area contributed by atoms with Gasteiger partial charge in [0.15, 0.2) is 0 Å². The van der Waals surface area contributed by atoms with Crippen LogP contribution in [0.4, 0.5) is 0 Å². The van der Waals surface area contributed by atoms with Gasteiger partial charge >= 0.3 is 0 Å². The highest BCUT2D eigenvalue weighted by Crippen LogP contribution is 2.44. The Hall–Kier alpha value is -3.07. The van der Waals surface area contributed by atoms with Gasteiger partial charge in [-0.05, 0) is 42.7 Å². The van der Waals surface area contributed by atoms with Gasteiger partial charge in [0.1, 0.15) is 6.10 Å². The molecule has 0 saturated carbocycles. The third-order valence-electron chi connectivity index (χ3n) is 5.90. The minimum atomic E-state index is 0.0683. The molecule has 3 nitrogen and oxygen atoms in total. The van der Waals surface area contributed by atoms with Gasteiger partial charge in [-0.1, -0.05) is 71.8 Å². The maximum Gasteiger partial charge on any atom is 0.238 e. The van der Waals surface area contributed by atoms with Crippen molar-refractivity contribution in [2.75, 3.05) is 0 Å². The molecule has 0 bridgehead atoms. The van der Waals surface area contributed by atoms with E-state index in [2.05, 4.69) is 92.1 Å². The number of aryl methyl sites for hydroxylation is 2. The third kappa shape index (κ3) is 2.97. The average Bonchev–Trinajstić information content (AvgIpc) is 2.96. The molecule has 140 valence electrons. The van der Waals surface area contributed by atoms with Crippen LogP contribution in [0.25, 0.3) is 0 Å². The van der Waals surface area contributed by atoms with Crippen LogP contribution in [0.15, 0.2) is 77.9 Å². The first kappa shape index (κ1) is 17.1. The molecule has 0 unspecified atom stereocenters. The molecule has 0 spiro atoms. The number of nitrogens with one attached hydrogen (secondary N) is 1. The van der Waals surface area contributed by atoms with Crippen LogP contribution in [0.3, 0.4) is 0 Å². The second-order valence-corrected chi connectivity index (χ2v) is 7.89. The highest BCUT2D eigenvalue weighted by molar-refractivity contribution is 5.94. The lowest BCUT2D eigenvalue weighted by atomic mass is 9.87. The molecular weight excluding hydrogens is 344 g/mol. The lowest BCUT2D eigenvalue weighted by Gasteiger charge is -2.26. The molecule has 1 N–H and O–H groups in total. The van der Waals surface area contributed by atoms with E-state index < -0.39 is 0 Å². The van der Waals surface area contributed by atoms with E-state index in [1.165, 1.54) is 27.8 Å². The number of ether oxygens (including phenoxy) is 1. The van der Waals surface area contributed by atoms with Gasteiger partial charge in [0.2, 0.25) is 5.90 Å². The molecule has 3 aromatic rings. The second kappa shape index (κ2) is 6.83. The maximum atomic E-state index is 6.51. The Bertz CT molecular complexity index is 1020. The first-order valence-corrected chi connectivity index (χ1v) is 9.90. The first-order valence-electron chi connectivity index (χ1n) is 9.90. The number of fused-ring (bicyclic) bond motifs is 3. The zero-order chi connectivity index (χ0) is 19.1. The smallest absolute Gasteiger partial charge is 0.238 e.